The number of primary amides is 4. The molecule has 0 saturated carbocycles. The molecule has 0 heterocycles. The number of nitrogens with one attached hydrogen (secondary N) is 17. The molecule has 2 aromatic rings. The summed E-state index contributed by atoms with van der Waals surface area (Å²) in [6.07, 6.45) is -7.20. The zero-order chi connectivity index (χ0) is 96.8. The number of hydrogen-bond acceptors (Lipinski definition) is 28. The lowest BCUT2D eigenvalue weighted by atomic mass is 10.0. The van der Waals surface area contributed by atoms with E-state index in [9.17, 15) is 136 Å². The Morgan fingerprint density at radius 3 is 1.03 bits per heavy atom. The fraction of sp³-hybridized carbons (Fsp3) is 0.539. The molecule has 0 aliphatic rings. The molecule has 19 amide bonds. The number of rotatable bonds is 61. The summed E-state index contributed by atoms with van der Waals surface area (Å²) in [7, 11) is 0. The maximum Gasteiger partial charge on any atom is 0.326 e. The molecule has 35 N–H and O–H groups in total. The van der Waals surface area contributed by atoms with Crippen molar-refractivity contribution in [3.8, 4) is 0 Å². The van der Waals surface area contributed by atoms with Crippen LogP contribution in [0.1, 0.15) is 116 Å². The van der Waals surface area contributed by atoms with Crippen molar-refractivity contribution in [1.82, 2.24) is 85.1 Å². The molecule has 15 atom stereocenters. The summed E-state index contributed by atoms with van der Waals surface area (Å²) in [6, 6.07) is -11.1. The van der Waals surface area contributed by atoms with E-state index in [1.165, 1.54) is 0 Å². The Bertz CT molecular complexity index is 4250. The van der Waals surface area contributed by atoms with Crippen LogP contribution < -0.4 is 119 Å². The number of carboxylic acids is 3. The smallest absolute Gasteiger partial charge is 0.326 e. The second-order valence-electron chi connectivity index (χ2n) is 30.0. The Balaban J connectivity index is 2.36. The van der Waals surface area contributed by atoms with Gasteiger partial charge in [0.05, 0.1) is 58.1 Å². The van der Waals surface area contributed by atoms with E-state index in [0.29, 0.717) is 11.1 Å². The predicted octanol–water partition coefficient (Wildman–Crippen LogP) is -12.7. The number of guanidine groups is 1. The topological polar surface area (TPSA) is 869 Å². The van der Waals surface area contributed by atoms with Crippen LogP contribution in [0.15, 0.2) is 60.7 Å². The van der Waals surface area contributed by atoms with Crippen molar-refractivity contribution in [2.75, 3.05) is 38.7 Å². The number of carbonyl (C=O) groups is 22. The standard InChI is InChI=1S/C76H115N23O28S/c1-35(2)22-42(86-58(107)30-85-62(113)44(24-37-12-7-5-8-13-37)90-67(118)45(25-38-14-9-6-10-15-38)91-64(115)41(18-20-59(108)109)87-61(112)39(77)17-19-54(78)103)65(116)92-47(27-56(80)105)69(120)93-48(28-57(81)106)70(121)99-53(34-128)74(125)98-52(33-102)73(124)97-51(32-101)72(123)96-50(31-100)71(122)94-46(26-55(79)104)68(119)88-40(16-11-21-84-76(82)83)63(114)89-43(23-36(3)4)66(117)95-49(75(126)127)29-60(110)111/h5-10,12-15,35-36,39-53,100-102,128H,11,16-34,77H2,1-4H3,(H2,78,103)(H2,79,104)(H2,80,105)(H2,81,106)(H,85,113)(H,86,107)(H,87,112)(H,88,119)(H,89,114)(H,90,118)(H,91,115)(H,92,116)(H,93,120)(H,94,122)(H,95,117)(H,96,123)(H,97,124)(H,98,125)(H,99,121)(H,108,109)(H,110,111)(H,126,127)(H4,82,83,84)/t39-,40-,41-,42-,43-,44-,45-,46-,47-,48-,49-,50-,51-,52-,53-/m0/s1. The maximum absolute atomic E-state index is 14.5. The molecule has 0 saturated heterocycles. The number of benzene rings is 2. The molecule has 0 aliphatic heterocycles. The highest BCUT2D eigenvalue weighted by atomic mass is 32.1. The quantitative estimate of drug-likeness (QED) is 0.0127. The van der Waals surface area contributed by atoms with Gasteiger partial charge in [-0.05, 0) is 61.5 Å². The second kappa shape index (κ2) is 57.0. The first-order valence-corrected chi connectivity index (χ1v) is 40.4. The van der Waals surface area contributed by atoms with E-state index in [1.807, 2.05) is 21.3 Å². The van der Waals surface area contributed by atoms with Crippen LogP contribution >= 0.6 is 12.6 Å². The zero-order valence-electron chi connectivity index (χ0n) is 70.3. The first-order valence-electron chi connectivity index (χ1n) is 39.8. The number of aliphatic carboxylic acids is 3. The summed E-state index contributed by atoms with van der Waals surface area (Å²) in [6.45, 7) is 1.45. The molecule has 2 rings (SSSR count). The number of aliphatic hydroxyl groups is 3. The molecule has 51 nitrogen and oxygen atoms in total. The Kier molecular flexibility index (Phi) is 49.1. The largest absolute Gasteiger partial charge is 0.481 e. The van der Waals surface area contributed by atoms with Crippen molar-refractivity contribution in [2.45, 2.75) is 208 Å². The van der Waals surface area contributed by atoms with Crippen molar-refractivity contribution >= 4 is 149 Å². The summed E-state index contributed by atoms with van der Waals surface area (Å²) in [5, 5.41) is 102. The van der Waals surface area contributed by atoms with E-state index in [1.54, 1.807) is 88.4 Å². The van der Waals surface area contributed by atoms with Crippen molar-refractivity contribution in [2.24, 2.45) is 46.2 Å². The number of carbonyl (C=O) groups excluding carboxylic acids is 19. The summed E-state index contributed by atoms with van der Waals surface area (Å²) in [5.74, 6) is -29.7. The fourth-order valence-electron chi connectivity index (χ4n) is 11.8. The van der Waals surface area contributed by atoms with Gasteiger partial charge in [-0.25, -0.2) is 4.79 Å². The maximum atomic E-state index is 14.5. The molecule has 128 heavy (non-hydrogen) atoms. The van der Waals surface area contributed by atoms with Gasteiger partial charge < -0.3 is 150 Å². The molecule has 0 aliphatic carbocycles. The summed E-state index contributed by atoms with van der Waals surface area (Å²) in [4.78, 5) is 291. The van der Waals surface area contributed by atoms with Crippen LogP contribution in [0.5, 0.6) is 0 Å². The molecule has 708 valence electrons. The molecular formula is C76H115N23O28S. The van der Waals surface area contributed by atoms with Crippen LogP contribution in [-0.2, 0) is 118 Å². The van der Waals surface area contributed by atoms with Gasteiger partial charge in [-0.3, -0.25) is 106 Å². The highest BCUT2D eigenvalue weighted by Gasteiger charge is 2.40. The first-order chi connectivity index (χ1) is 60.1. The van der Waals surface area contributed by atoms with Crippen LogP contribution in [0.2, 0.25) is 0 Å². The lowest BCUT2D eigenvalue weighted by Gasteiger charge is -2.27. The van der Waals surface area contributed by atoms with Crippen LogP contribution in [0.3, 0.4) is 0 Å². The van der Waals surface area contributed by atoms with Gasteiger partial charge in [-0.15, -0.1) is 0 Å². The molecule has 0 bridgehead atoms. The van der Waals surface area contributed by atoms with Crippen molar-refractivity contribution in [3.63, 3.8) is 0 Å². The minimum atomic E-state index is -2.14. The van der Waals surface area contributed by atoms with Gasteiger partial charge in [0.2, 0.25) is 112 Å². The van der Waals surface area contributed by atoms with Gasteiger partial charge >= 0.3 is 17.9 Å². The van der Waals surface area contributed by atoms with Gasteiger partial charge in [0.15, 0.2) is 5.96 Å². The van der Waals surface area contributed by atoms with E-state index < -0.39 is 309 Å². The average molecular weight is 1830 g/mol. The third-order valence-electron chi connectivity index (χ3n) is 18.3. The number of hydrogen-bond donors (Lipinski definition) is 30. The highest BCUT2D eigenvalue weighted by Crippen LogP contribution is 2.14. The van der Waals surface area contributed by atoms with Gasteiger partial charge in [0.25, 0.3) is 0 Å². The number of carboxylic acid groups (broad SMARTS) is 3. The Morgan fingerprint density at radius 2 is 0.664 bits per heavy atom. The van der Waals surface area contributed by atoms with E-state index in [4.69, 9.17) is 39.8 Å². The molecule has 0 fully saturated rings. The molecule has 0 unspecified atom stereocenters. The van der Waals surface area contributed by atoms with Crippen molar-refractivity contribution < 1.29 is 136 Å². The molecule has 0 spiro atoms. The summed E-state index contributed by atoms with van der Waals surface area (Å²) in [5.41, 5.74) is 33.7. The van der Waals surface area contributed by atoms with Crippen LogP contribution in [-0.4, -0.2) is 296 Å². The van der Waals surface area contributed by atoms with E-state index in [-0.39, 0.29) is 57.9 Å². The Hall–Kier alpha value is -13.8. The molecule has 0 aromatic heterocycles. The highest BCUT2D eigenvalue weighted by molar-refractivity contribution is 7.80. The molecule has 0 radical (unpaired) electrons. The van der Waals surface area contributed by atoms with Crippen LogP contribution in [0.4, 0.5) is 0 Å². The lowest BCUT2D eigenvalue weighted by Crippen LogP contribution is -2.62. The third-order valence-corrected chi connectivity index (χ3v) is 18.6. The molecule has 2 aromatic carbocycles. The van der Waals surface area contributed by atoms with Crippen LogP contribution in [0, 0.1) is 17.2 Å². The van der Waals surface area contributed by atoms with Crippen molar-refractivity contribution in [1.29, 1.82) is 5.41 Å². The number of aliphatic hydroxyl groups excluding tert-OH is 3. The van der Waals surface area contributed by atoms with Gasteiger partial charge in [0, 0.05) is 38.0 Å². The minimum Gasteiger partial charge on any atom is -0.481 e. The number of thiol groups is 1. The predicted molar refractivity (Wildman–Crippen MR) is 448 cm³/mol. The van der Waals surface area contributed by atoms with Gasteiger partial charge in [0.1, 0.15) is 84.6 Å². The Morgan fingerprint density at radius 1 is 0.344 bits per heavy atom. The van der Waals surface area contributed by atoms with Gasteiger partial charge in [-0.2, -0.15) is 12.6 Å². The number of amides is 19. The molecular weight excluding hydrogens is 1720 g/mol. The first kappa shape index (κ1) is 110. The zero-order valence-corrected chi connectivity index (χ0v) is 71.2. The Labute approximate surface area is 737 Å². The minimum absolute atomic E-state index is 0.0677. The van der Waals surface area contributed by atoms with Crippen LogP contribution in [0.25, 0.3) is 0 Å². The van der Waals surface area contributed by atoms with Gasteiger partial charge in [-0.1, -0.05) is 88.4 Å². The van der Waals surface area contributed by atoms with E-state index in [2.05, 4.69) is 76.4 Å². The normalized spacial score (nSPS) is 14.5. The second-order valence-corrected chi connectivity index (χ2v) is 30.3. The lowest BCUT2D eigenvalue weighted by molar-refractivity contribution is -0.147. The van der Waals surface area contributed by atoms with E-state index >= 15 is 0 Å². The SMILES string of the molecule is CC(C)C[C@H](NC(=O)CNC(=O)[C@H](Cc1ccccc1)NC(=O)[C@H](Cc1ccccc1)NC(=O)[C@H](CCC(=O)O)NC(=O)[C@@H](N)CCC(N)=O)C(=O)N[C@@H](CC(N)=O)C(=O)N[C@@H](CC(N)=O)C(=O)N[C@@H](CS)C(=O)N[C@@H](CO)C(=O)N[C@@H](CO)C(=O)N[C@@H](CO)C(=O)N[C@@H](CC(N)=O)C(=O)N[C@@H](CCCNC(=N)N)C(=O)N[C@@H](CC(C)C)C(=O)N[C@@H](CC(=O)O)C(=O)O. The summed E-state index contributed by atoms with van der Waals surface area (Å²) >= 11 is 4.06. The van der Waals surface area contributed by atoms with Crippen molar-refractivity contribution in [3.05, 3.63) is 71.8 Å². The third kappa shape index (κ3) is 42.8. The molecule has 52 heteroatoms. The number of nitrogens with two attached hydrogens (primary N) is 6. The monoisotopic (exact) mass is 1830 g/mol. The van der Waals surface area contributed by atoms with E-state index in [0.717, 1.165) is 0 Å². The average Bonchev–Trinajstić information content (AvgIpc) is 0.862. The summed E-state index contributed by atoms with van der Waals surface area (Å²) < 4.78 is 0. The fourth-order valence-corrected chi connectivity index (χ4v) is 12.0.